The van der Waals surface area contributed by atoms with E-state index in [1.165, 1.54) is 0 Å². The SMILES string of the molecule is NC(=O)Cc1ccccc1NC1CC(N)C1. The Hall–Kier alpha value is -1.55. The zero-order valence-corrected chi connectivity index (χ0v) is 9.15. The van der Waals surface area contributed by atoms with Gasteiger partial charge in [0.1, 0.15) is 0 Å². The topological polar surface area (TPSA) is 81.1 Å². The summed E-state index contributed by atoms with van der Waals surface area (Å²) in [5, 5.41) is 3.39. The Morgan fingerprint density at radius 2 is 2.06 bits per heavy atom. The quantitative estimate of drug-likeness (QED) is 0.694. The van der Waals surface area contributed by atoms with E-state index in [0.717, 1.165) is 24.1 Å². The van der Waals surface area contributed by atoms with E-state index in [2.05, 4.69) is 5.32 Å². The highest BCUT2D eigenvalue weighted by Crippen LogP contribution is 2.24. The Labute approximate surface area is 95.0 Å². The molecule has 1 aliphatic carbocycles. The maximum absolute atomic E-state index is 10.9. The van der Waals surface area contributed by atoms with Crippen LogP contribution >= 0.6 is 0 Å². The molecule has 5 N–H and O–H groups in total. The summed E-state index contributed by atoms with van der Waals surface area (Å²) in [5.74, 6) is -0.306. The fourth-order valence-electron chi connectivity index (χ4n) is 2.00. The molecule has 0 heterocycles. The molecule has 0 atom stereocenters. The molecule has 4 heteroatoms. The molecule has 0 saturated heterocycles. The van der Waals surface area contributed by atoms with Crippen LogP contribution in [0.1, 0.15) is 18.4 Å². The number of primary amides is 1. The molecule has 0 aliphatic heterocycles. The van der Waals surface area contributed by atoms with Crippen LogP contribution in [0.3, 0.4) is 0 Å². The summed E-state index contributed by atoms with van der Waals surface area (Å²) in [5.41, 5.74) is 12.9. The number of hydrogen-bond donors (Lipinski definition) is 3. The average Bonchev–Trinajstić information content (AvgIpc) is 2.17. The van der Waals surface area contributed by atoms with Crippen molar-refractivity contribution in [2.45, 2.75) is 31.3 Å². The third kappa shape index (κ3) is 2.52. The molecule has 16 heavy (non-hydrogen) atoms. The highest BCUT2D eigenvalue weighted by atomic mass is 16.1. The highest BCUT2D eigenvalue weighted by Gasteiger charge is 2.25. The number of nitrogens with two attached hydrogens (primary N) is 2. The van der Waals surface area contributed by atoms with Gasteiger partial charge in [0, 0.05) is 17.8 Å². The number of carbonyl (C=O) groups is 1. The predicted molar refractivity (Wildman–Crippen MR) is 64.0 cm³/mol. The number of anilines is 1. The van der Waals surface area contributed by atoms with Gasteiger partial charge in [-0.3, -0.25) is 4.79 Å². The van der Waals surface area contributed by atoms with Gasteiger partial charge in [0.25, 0.3) is 0 Å². The first-order chi connectivity index (χ1) is 7.65. The van der Waals surface area contributed by atoms with Gasteiger partial charge in [0.05, 0.1) is 6.42 Å². The standard InChI is InChI=1S/C12H17N3O/c13-9-6-10(7-9)15-11-4-2-1-3-8(11)5-12(14)16/h1-4,9-10,15H,5-7,13H2,(H2,14,16). The van der Waals surface area contributed by atoms with E-state index in [0.29, 0.717) is 12.1 Å². The van der Waals surface area contributed by atoms with Gasteiger partial charge in [-0.1, -0.05) is 18.2 Å². The molecule has 2 rings (SSSR count). The highest BCUT2D eigenvalue weighted by molar-refractivity contribution is 5.78. The van der Waals surface area contributed by atoms with E-state index in [1.807, 2.05) is 24.3 Å². The Morgan fingerprint density at radius 1 is 1.38 bits per heavy atom. The number of benzene rings is 1. The number of carbonyl (C=O) groups excluding carboxylic acids is 1. The second kappa shape index (κ2) is 4.53. The van der Waals surface area contributed by atoms with E-state index < -0.39 is 0 Å². The van der Waals surface area contributed by atoms with Crippen molar-refractivity contribution < 1.29 is 4.79 Å². The number of para-hydroxylation sites is 1. The first kappa shape index (κ1) is 11.0. The third-order valence-corrected chi connectivity index (χ3v) is 2.92. The lowest BCUT2D eigenvalue weighted by atomic mass is 9.87. The fourth-order valence-corrected chi connectivity index (χ4v) is 2.00. The maximum Gasteiger partial charge on any atom is 0.221 e. The first-order valence-corrected chi connectivity index (χ1v) is 5.53. The summed E-state index contributed by atoms with van der Waals surface area (Å²) in [6, 6.07) is 8.51. The summed E-state index contributed by atoms with van der Waals surface area (Å²) in [6.07, 6.45) is 2.26. The largest absolute Gasteiger partial charge is 0.382 e. The van der Waals surface area contributed by atoms with Gasteiger partial charge >= 0.3 is 0 Å². The van der Waals surface area contributed by atoms with E-state index in [4.69, 9.17) is 11.5 Å². The molecule has 0 bridgehead atoms. The van der Waals surface area contributed by atoms with Crippen LogP contribution < -0.4 is 16.8 Å². The lowest BCUT2D eigenvalue weighted by molar-refractivity contribution is -0.117. The Bertz CT molecular complexity index is 386. The van der Waals surface area contributed by atoms with Crippen LogP contribution in [0.25, 0.3) is 0 Å². The van der Waals surface area contributed by atoms with Crippen LogP contribution in [0.15, 0.2) is 24.3 Å². The van der Waals surface area contributed by atoms with Crippen LogP contribution in [0.5, 0.6) is 0 Å². The van der Waals surface area contributed by atoms with Gasteiger partial charge < -0.3 is 16.8 Å². The van der Waals surface area contributed by atoms with Crippen molar-refractivity contribution in [2.75, 3.05) is 5.32 Å². The van der Waals surface area contributed by atoms with Crippen molar-refractivity contribution >= 4 is 11.6 Å². The second-order valence-electron chi connectivity index (χ2n) is 4.37. The van der Waals surface area contributed by atoms with Crippen molar-refractivity contribution in [3.8, 4) is 0 Å². The molecule has 4 nitrogen and oxygen atoms in total. The van der Waals surface area contributed by atoms with E-state index in [1.54, 1.807) is 0 Å². The molecular weight excluding hydrogens is 202 g/mol. The molecule has 0 aromatic heterocycles. The number of rotatable bonds is 4. The normalized spacial score (nSPS) is 23.6. The smallest absolute Gasteiger partial charge is 0.221 e. The lowest BCUT2D eigenvalue weighted by Crippen LogP contribution is -2.44. The van der Waals surface area contributed by atoms with Crippen LogP contribution in [0.2, 0.25) is 0 Å². The molecule has 0 unspecified atom stereocenters. The predicted octanol–water partition coefficient (Wildman–Crippen LogP) is 0.616. The molecule has 1 fully saturated rings. The molecule has 0 radical (unpaired) electrons. The maximum atomic E-state index is 10.9. The van der Waals surface area contributed by atoms with Crippen molar-refractivity contribution in [3.05, 3.63) is 29.8 Å². The lowest BCUT2D eigenvalue weighted by Gasteiger charge is -2.34. The van der Waals surface area contributed by atoms with Crippen molar-refractivity contribution in [1.82, 2.24) is 0 Å². The van der Waals surface area contributed by atoms with Crippen LogP contribution in [-0.4, -0.2) is 18.0 Å². The van der Waals surface area contributed by atoms with Gasteiger partial charge in [-0.25, -0.2) is 0 Å². The monoisotopic (exact) mass is 219 g/mol. The summed E-state index contributed by atoms with van der Waals surface area (Å²) in [6.45, 7) is 0. The van der Waals surface area contributed by atoms with Crippen LogP contribution in [0.4, 0.5) is 5.69 Å². The average molecular weight is 219 g/mol. The molecule has 1 saturated carbocycles. The molecule has 0 spiro atoms. The molecule has 1 aliphatic rings. The summed E-state index contributed by atoms with van der Waals surface area (Å²) in [7, 11) is 0. The summed E-state index contributed by atoms with van der Waals surface area (Å²) in [4.78, 5) is 10.9. The zero-order chi connectivity index (χ0) is 11.5. The molecular formula is C12H17N3O. The summed E-state index contributed by atoms with van der Waals surface area (Å²) >= 11 is 0. The van der Waals surface area contributed by atoms with Crippen LogP contribution in [0, 0.1) is 0 Å². The number of nitrogens with one attached hydrogen (secondary N) is 1. The first-order valence-electron chi connectivity index (χ1n) is 5.53. The van der Waals surface area contributed by atoms with E-state index in [-0.39, 0.29) is 12.3 Å². The molecule has 1 aromatic rings. The van der Waals surface area contributed by atoms with Gasteiger partial charge in [-0.2, -0.15) is 0 Å². The third-order valence-electron chi connectivity index (χ3n) is 2.92. The van der Waals surface area contributed by atoms with Gasteiger partial charge in [-0.15, -0.1) is 0 Å². The molecule has 1 aromatic carbocycles. The minimum atomic E-state index is -0.306. The minimum Gasteiger partial charge on any atom is -0.382 e. The van der Waals surface area contributed by atoms with Crippen molar-refractivity contribution in [3.63, 3.8) is 0 Å². The number of amides is 1. The Kier molecular flexibility index (Phi) is 3.10. The van der Waals surface area contributed by atoms with Crippen molar-refractivity contribution in [1.29, 1.82) is 0 Å². The zero-order valence-electron chi connectivity index (χ0n) is 9.15. The van der Waals surface area contributed by atoms with Gasteiger partial charge in [0.2, 0.25) is 5.91 Å². The van der Waals surface area contributed by atoms with Gasteiger partial charge in [-0.05, 0) is 24.5 Å². The Balaban J connectivity index is 2.04. The Morgan fingerprint density at radius 3 is 2.69 bits per heavy atom. The van der Waals surface area contributed by atoms with Gasteiger partial charge in [0.15, 0.2) is 0 Å². The van der Waals surface area contributed by atoms with E-state index >= 15 is 0 Å². The minimum absolute atomic E-state index is 0.280. The molecule has 1 amide bonds. The molecule has 86 valence electrons. The second-order valence-corrected chi connectivity index (χ2v) is 4.37. The summed E-state index contributed by atoms with van der Waals surface area (Å²) < 4.78 is 0. The number of hydrogen-bond acceptors (Lipinski definition) is 3. The van der Waals surface area contributed by atoms with Crippen LogP contribution in [-0.2, 0) is 11.2 Å². The fraction of sp³-hybridized carbons (Fsp3) is 0.417. The van der Waals surface area contributed by atoms with Crippen molar-refractivity contribution in [2.24, 2.45) is 11.5 Å². The van der Waals surface area contributed by atoms with E-state index in [9.17, 15) is 4.79 Å².